The van der Waals surface area contributed by atoms with E-state index in [1.165, 1.54) is 23.5 Å². The third-order valence-electron chi connectivity index (χ3n) is 5.11. The van der Waals surface area contributed by atoms with Crippen molar-refractivity contribution in [2.45, 2.75) is 25.2 Å². The van der Waals surface area contributed by atoms with E-state index in [9.17, 15) is 17.6 Å². The molecule has 0 spiro atoms. The fourth-order valence-electron chi connectivity index (χ4n) is 3.20. The van der Waals surface area contributed by atoms with Gasteiger partial charge in [0, 0.05) is 19.5 Å². The number of likely N-dealkylation sites (N-methyl/N-ethyl adjacent to an activating group) is 1. The number of para-hydroxylation sites is 1. The Morgan fingerprint density at radius 2 is 1.69 bits per heavy atom. The van der Waals surface area contributed by atoms with Crippen molar-refractivity contribution in [2.24, 2.45) is 0 Å². The molecule has 0 radical (unpaired) electrons. The van der Waals surface area contributed by atoms with Gasteiger partial charge in [-0.3, -0.25) is 9.69 Å². The predicted molar refractivity (Wildman–Crippen MR) is 130 cm³/mol. The second-order valence-electron chi connectivity index (χ2n) is 7.06. The summed E-state index contributed by atoms with van der Waals surface area (Å²) >= 11 is 1.42. The van der Waals surface area contributed by atoms with Gasteiger partial charge in [0.25, 0.3) is 0 Å². The first-order valence-electron chi connectivity index (χ1n) is 10.2. The summed E-state index contributed by atoms with van der Waals surface area (Å²) in [5, 5.41) is 0.567. The van der Waals surface area contributed by atoms with Crippen LogP contribution in [-0.2, 0) is 14.6 Å². The monoisotopic (exact) mass is 499 g/mol. The number of carbonyl (C=O) groups excluding carboxylic acids is 1. The van der Waals surface area contributed by atoms with Crippen LogP contribution in [0, 0.1) is 5.82 Å². The Kier molecular flexibility index (Phi) is 9.57. The van der Waals surface area contributed by atoms with Crippen LogP contribution in [0.3, 0.4) is 0 Å². The van der Waals surface area contributed by atoms with Crippen LogP contribution in [0.25, 0.3) is 10.2 Å². The van der Waals surface area contributed by atoms with Gasteiger partial charge in [0.1, 0.15) is 5.82 Å². The number of aromatic nitrogens is 1. The molecule has 1 heterocycles. The molecule has 1 amide bonds. The summed E-state index contributed by atoms with van der Waals surface area (Å²) in [5.41, 5.74) is 0.807. The highest BCUT2D eigenvalue weighted by atomic mass is 35.5. The molecule has 0 atom stereocenters. The molecule has 0 saturated heterocycles. The molecule has 10 heteroatoms. The van der Waals surface area contributed by atoms with Gasteiger partial charge in [0.2, 0.25) is 5.91 Å². The Morgan fingerprint density at radius 1 is 1.03 bits per heavy atom. The van der Waals surface area contributed by atoms with E-state index < -0.39 is 15.7 Å². The van der Waals surface area contributed by atoms with Gasteiger partial charge in [0.15, 0.2) is 15.0 Å². The van der Waals surface area contributed by atoms with Crippen LogP contribution in [-0.4, -0.2) is 56.1 Å². The van der Waals surface area contributed by atoms with Gasteiger partial charge in [-0.15, -0.1) is 12.4 Å². The van der Waals surface area contributed by atoms with Crippen molar-refractivity contribution in [3.05, 3.63) is 54.3 Å². The number of halogens is 2. The van der Waals surface area contributed by atoms with E-state index in [0.717, 1.165) is 35.4 Å². The number of nitrogens with zero attached hydrogens (tertiary/aromatic N) is 3. The summed E-state index contributed by atoms with van der Waals surface area (Å²) in [7, 11) is -3.69. The van der Waals surface area contributed by atoms with Gasteiger partial charge in [-0.2, -0.15) is 0 Å². The van der Waals surface area contributed by atoms with Crippen LogP contribution < -0.4 is 4.90 Å². The van der Waals surface area contributed by atoms with Gasteiger partial charge in [-0.25, -0.2) is 17.8 Å². The second kappa shape index (κ2) is 11.7. The largest absolute Gasteiger partial charge is 0.302 e. The number of hydrogen-bond acceptors (Lipinski definition) is 6. The molecule has 174 valence electrons. The van der Waals surface area contributed by atoms with Gasteiger partial charge < -0.3 is 4.90 Å². The molecule has 0 fully saturated rings. The molecule has 0 unspecified atom stereocenters. The van der Waals surface area contributed by atoms with E-state index in [-0.39, 0.29) is 35.4 Å². The average Bonchev–Trinajstić information content (AvgIpc) is 3.19. The van der Waals surface area contributed by atoms with Gasteiger partial charge in [-0.1, -0.05) is 37.3 Å². The average molecular weight is 500 g/mol. The van der Waals surface area contributed by atoms with Crippen LogP contribution >= 0.6 is 23.7 Å². The Morgan fingerprint density at radius 3 is 2.31 bits per heavy atom. The van der Waals surface area contributed by atoms with Crippen molar-refractivity contribution < 1.29 is 17.6 Å². The summed E-state index contributed by atoms with van der Waals surface area (Å²) < 4.78 is 39.3. The minimum absolute atomic E-state index is 0. The lowest BCUT2D eigenvalue weighted by molar-refractivity contribution is -0.118. The third-order valence-corrected chi connectivity index (χ3v) is 7.90. The topological polar surface area (TPSA) is 70.6 Å². The maximum Gasteiger partial charge on any atom is 0.229 e. The van der Waals surface area contributed by atoms with Crippen LogP contribution in [0.5, 0.6) is 0 Å². The van der Waals surface area contributed by atoms with Crippen molar-refractivity contribution in [1.82, 2.24) is 9.88 Å². The van der Waals surface area contributed by atoms with Crippen molar-refractivity contribution >= 4 is 54.8 Å². The normalized spacial score (nSPS) is 11.5. The fraction of sp³-hybridized carbons (Fsp3) is 0.364. The number of anilines is 1. The van der Waals surface area contributed by atoms with E-state index >= 15 is 0 Å². The lowest BCUT2D eigenvalue weighted by Crippen LogP contribution is -2.39. The number of rotatable bonds is 10. The zero-order chi connectivity index (χ0) is 22.4. The standard InChI is InChI=1S/C22H26FN3O3S2.ClH/c1-3-25(4-2)14-15-26(22-24-19-7-5-6-8-20(19)30-22)21(27)13-16-31(28,29)18-11-9-17(23)10-12-18;/h5-12H,3-4,13-16H2,1-2H3;1H. The quantitative estimate of drug-likeness (QED) is 0.387. The number of thiazole rings is 1. The van der Waals surface area contributed by atoms with E-state index in [1.807, 2.05) is 24.3 Å². The van der Waals surface area contributed by atoms with E-state index in [4.69, 9.17) is 0 Å². The van der Waals surface area contributed by atoms with Gasteiger partial charge >= 0.3 is 0 Å². The van der Waals surface area contributed by atoms with Crippen LogP contribution in [0.1, 0.15) is 20.3 Å². The molecule has 0 aliphatic heterocycles. The molecule has 0 saturated carbocycles. The zero-order valence-corrected chi connectivity index (χ0v) is 20.5. The molecule has 3 aromatic rings. The third kappa shape index (κ3) is 6.48. The lowest BCUT2D eigenvalue weighted by Gasteiger charge is -2.24. The molecule has 0 bridgehead atoms. The van der Waals surface area contributed by atoms with Crippen molar-refractivity contribution in [3.63, 3.8) is 0 Å². The van der Waals surface area contributed by atoms with Gasteiger partial charge in [0.05, 0.1) is 20.9 Å². The Hall–Kier alpha value is -2.07. The number of fused-ring (bicyclic) bond motifs is 1. The molecule has 3 rings (SSSR count). The highest BCUT2D eigenvalue weighted by Crippen LogP contribution is 2.29. The second-order valence-corrected chi connectivity index (χ2v) is 10.2. The SMILES string of the molecule is CCN(CC)CCN(C(=O)CCS(=O)(=O)c1ccc(F)cc1)c1nc2ccccc2s1.Cl. The smallest absolute Gasteiger partial charge is 0.229 e. The molecule has 1 aromatic heterocycles. The van der Waals surface area contributed by atoms with Crippen LogP contribution in [0.15, 0.2) is 53.4 Å². The Balaban J connectivity index is 0.00000363. The summed E-state index contributed by atoms with van der Waals surface area (Å²) in [6.45, 7) is 6.93. The summed E-state index contributed by atoms with van der Waals surface area (Å²) in [5.74, 6) is -1.14. The summed E-state index contributed by atoms with van der Waals surface area (Å²) in [6.07, 6.45) is -0.173. The minimum atomic E-state index is -3.69. The highest BCUT2D eigenvalue weighted by Gasteiger charge is 2.23. The van der Waals surface area contributed by atoms with E-state index in [2.05, 4.69) is 23.7 Å². The molecule has 2 aromatic carbocycles. The molecule has 6 nitrogen and oxygen atoms in total. The number of carbonyl (C=O) groups is 1. The minimum Gasteiger partial charge on any atom is -0.302 e. The molecule has 0 aliphatic rings. The molecular formula is C22H27ClFN3O3S2. The van der Waals surface area contributed by atoms with E-state index in [1.54, 1.807) is 4.90 Å². The summed E-state index contributed by atoms with van der Waals surface area (Å²) in [4.78, 5) is 21.5. The van der Waals surface area contributed by atoms with Crippen molar-refractivity contribution in [1.29, 1.82) is 0 Å². The molecular weight excluding hydrogens is 473 g/mol. The number of hydrogen-bond donors (Lipinski definition) is 0. The lowest BCUT2D eigenvalue weighted by atomic mass is 10.3. The summed E-state index contributed by atoms with van der Waals surface area (Å²) in [6, 6.07) is 12.3. The van der Waals surface area contributed by atoms with Crippen molar-refractivity contribution in [2.75, 3.05) is 36.8 Å². The molecule has 32 heavy (non-hydrogen) atoms. The van der Waals surface area contributed by atoms with E-state index in [0.29, 0.717) is 18.2 Å². The highest BCUT2D eigenvalue weighted by molar-refractivity contribution is 7.91. The number of benzene rings is 2. The van der Waals surface area contributed by atoms with Crippen molar-refractivity contribution in [3.8, 4) is 0 Å². The van der Waals surface area contributed by atoms with Gasteiger partial charge in [-0.05, 0) is 49.5 Å². The first kappa shape index (κ1) is 26.2. The predicted octanol–water partition coefficient (Wildman–Crippen LogP) is 4.40. The molecule has 0 N–H and O–H groups in total. The zero-order valence-electron chi connectivity index (χ0n) is 18.0. The van der Waals surface area contributed by atoms with Crippen LogP contribution in [0.2, 0.25) is 0 Å². The maximum absolute atomic E-state index is 13.1. The number of sulfone groups is 1. The maximum atomic E-state index is 13.1. The Bertz CT molecular complexity index is 1100. The number of amides is 1. The molecule has 0 aliphatic carbocycles. The first-order valence-corrected chi connectivity index (χ1v) is 12.7. The first-order chi connectivity index (χ1) is 14.8. The Labute approximate surface area is 198 Å². The fourth-order valence-corrected chi connectivity index (χ4v) is 5.44. The van der Waals surface area contributed by atoms with Crippen LogP contribution in [0.4, 0.5) is 9.52 Å².